The minimum absolute atomic E-state index is 0.161. The Morgan fingerprint density at radius 2 is 1.74 bits per heavy atom. The van der Waals surface area contributed by atoms with Crippen molar-refractivity contribution in [1.29, 1.82) is 0 Å². The predicted molar refractivity (Wildman–Crippen MR) is 151 cm³/mol. The number of benzene rings is 2. The highest BCUT2D eigenvalue weighted by atomic mass is 79.9. The summed E-state index contributed by atoms with van der Waals surface area (Å²) in [6.07, 6.45) is 2.31. The summed E-state index contributed by atoms with van der Waals surface area (Å²) in [5.74, 6) is -2.21. The summed E-state index contributed by atoms with van der Waals surface area (Å²) in [5, 5.41) is 2.83. The average Bonchev–Trinajstić information content (AvgIpc) is 3.23. The van der Waals surface area contributed by atoms with E-state index in [2.05, 4.69) is 37.2 Å². The molecule has 2 atom stereocenters. The predicted octanol–water partition coefficient (Wildman–Crippen LogP) is 5.22. The van der Waals surface area contributed by atoms with E-state index in [1.807, 2.05) is 0 Å². The molecular weight excluding hydrogens is 637 g/mol. The van der Waals surface area contributed by atoms with Gasteiger partial charge in [0.1, 0.15) is 23.5 Å². The third-order valence-corrected chi connectivity index (χ3v) is 7.68. The van der Waals surface area contributed by atoms with Crippen LogP contribution in [-0.2, 0) is 14.3 Å². The lowest BCUT2D eigenvalue weighted by molar-refractivity contribution is -0.130. The molecule has 0 bridgehead atoms. The number of piperidine rings is 1. The normalized spacial score (nSPS) is 19.7. The summed E-state index contributed by atoms with van der Waals surface area (Å²) in [7, 11) is 0. The Labute approximate surface area is 243 Å². The first kappa shape index (κ1) is 29.2. The van der Waals surface area contributed by atoms with Gasteiger partial charge in [-0.15, -0.1) is 0 Å². The van der Waals surface area contributed by atoms with E-state index < -0.39 is 41.3 Å². The lowest BCUT2D eigenvalue weighted by atomic mass is 9.99. The van der Waals surface area contributed by atoms with Crippen LogP contribution in [0, 0.1) is 5.82 Å². The van der Waals surface area contributed by atoms with Gasteiger partial charge in [0.05, 0.1) is 10.0 Å². The van der Waals surface area contributed by atoms with Crippen LogP contribution in [0.15, 0.2) is 45.3 Å². The van der Waals surface area contributed by atoms with Gasteiger partial charge in [0.15, 0.2) is 0 Å². The summed E-state index contributed by atoms with van der Waals surface area (Å²) in [6, 6.07) is 7.55. The Balaban J connectivity index is 1.46. The topological polar surface area (TPSA) is 96.0 Å². The monoisotopic (exact) mass is 665 g/mol. The van der Waals surface area contributed by atoms with E-state index in [9.17, 15) is 23.6 Å². The Hall–Kier alpha value is -2.79. The van der Waals surface area contributed by atoms with Gasteiger partial charge in [0, 0.05) is 28.8 Å². The van der Waals surface area contributed by atoms with Gasteiger partial charge in [0.25, 0.3) is 5.91 Å². The smallest absolute Gasteiger partial charge is 0.338 e. The molecule has 1 N–H and O–H groups in total. The van der Waals surface area contributed by atoms with Crippen LogP contribution < -0.4 is 10.2 Å². The highest BCUT2D eigenvalue weighted by Gasteiger charge is 2.38. The SMILES string of the molecule is CC(C)(C)OC(=O)c1cc(Br)cc(N2CCC(NC(=O)C3CCCCN3C(=O)c3ccc(Br)c(F)c3)C2=O)c1. The number of likely N-dealkylation sites (tertiary alicyclic amines) is 1. The number of esters is 1. The molecule has 3 amide bonds. The molecule has 2 fully saturated rings. The number of nitrogens with zero attached hydrogens (tertiary/aromatic N) is 2. The number of carbonyl (C=O) groups excluding carboxylic acids is 4. The molecule has 2 aliphatic heterocycles. The maximum atomic E-state index is 14.1. The van der Waals surface area contributed by atoms with Gasteiger partial charge in [0.2, 0.25) is 11.8 Å². The van der Waals surface area contributed by atoms with Crippen LogP contribution in [0.3, 0.4) is 0 Å². The molecule has 39 heavy (non-hydrogen) atoms. The van der Waals surface area contributed by atoms with Crippen molar-refractivity contribution in [3.05, 3.63) is 62.3 Å². The van der Waals surface area contributed by atoms with Crippen LogP contribution >= 0.6 is 31.9 Å². The van der Waals surface area contributed by atoms with Gasteiger partial charge < -0.3 is 19.9 Å². The number of nitrogens with one attached hydrogen (secondary N) is 1. The average molecular weight is 667 g/mol. The highest BCUT2D eigenvalue weighted by molar-refractivity contribution is 9.10. The quantitative estimate of drug-likeness (QED) is 0.442. The van der Waals surface area contributed by atoms with Crippen LogP contribution in [0.4, 0.5) is 10.1 Å². The molecule has 0 aromatic heterocycles. The summed E-state index contributed by atoms with van der Waals surface area (Å²) >= 11 is 6.49. The Morgan fingerprint density at radius 1 is 1.00 bits per heavy atom. The van der Waals surface area contributed by atoms with Crippen molar-refractivity contribution in [2.45, 2.75) is 64.1 Å². The van der Waals surface area contributed by atoms with E-state index in [1.165, 1.54) is 21.9 Å². The fourth-order valence-electron chi connectivity index (χ4n) is 4.77. The molecule has 2 aliphatic rings. The zero-order chi connectivity index (χ0) is 28.5. The van der Waals surface area contributed by atoms with Crippen LogP contribution in [0.25, 0.3) is 0 Å². The van der Waals surface area contributed by atoms with Gasteiger partial charge >= 0.3 is 5.97 Å². The third-order valence-electron chi connectivity index (χ3n) is 6.58. The molecule has 11 heteroatoms. The highest BCUT2D eigenvalue weighted by Crippen LogP contribution is 2.29. The summed E-state index contributed by atoms with van der Waals surface area (Å²) < 4.78 is 20.4. The summed E-state index contributed by atoms with van der Waals surface area (Å²) in [4.78, 5) is 55.4. The Morgan fingerprint density at radius 3 is 2.44 bits per heavy atom. The number of rotatable bonds is 5. The van der Waals surface area contributed by atoms with Crippen molar-refractivity contribution in [2.24, 2.45) is 0 Å². The molecule has 0 aliphatic carbocycles. The van der Waals surface area contributed by atoms with Crippen molar-refractivity contribution < 1.29 is 28.3 Å². The molecule has 0 radical (unpaired) electrons. The summed E-state index contributed by atoms with van der Waals surface area (Å²) in [6.45, 7) is 6.04. The number of carbonyl (C=O) groups is 4. The van der Waals surface area contributed by atoms with E-state index in [-0.39, 0.29) is 15.9 Å². The first-order valence-electron chi connectivity index (χ1n) is 12.8. The maximum absolute atomic E-state index is 14.1. The summed E-state index contributed by atoms with van der Waals surface area (Å²) in [5.41, 5.74) is 0.307. The molecule has 0 spiro atoms. The fraction of sp³-hybridized carbons (Fsp3) is 0.429. The largest absolute Gasteiger partial charge is 0.456 e. The lowest BCUT2D eigenvalue weighted by Gasteiger charge is -2.35. The van der Waals surface area contributed by atoms with E-state index in [1.54, 1.807) is 39.0 Å². The zero-order valence-corrected chi connectivity index (χ0v) is 25.1. The van der Waals surface area contributed by atoms with Crippen molar-refractivity contribution >= 4 is 61.2 Å². The number of anilines is 1. The van der Waals surface area contributed by atoms with Gasteiger partial charge in [-0.1, -0.05) is 15.9 Å². The number of hydrogen-bond donors (Lipinski definition) is 1. The van der Waals surface area contributed by atoms with Crippen molar-refractivity contribution in [2.75, 3.05) is 18.0 Å². The Bertz CT molecular complexity index is 1310. The van der Waals surface area contributed by atoms with Crippen molar-refractivity contribution in [3.63, 3.8) is 0 Å². The van der Waals surface area contributed by atoms with E-state index in [4.69, 9.17) is 4.74 Å². The molecule has 2 aromatic rings. The number of hydrogen-bond acceptors (Lipinski definition) is 5. The Kier molecular flexibility index (Phi) is 8.80. The van der Waals surface area contributed by atoms with Crippen molar-refractivity contribution in [1.82, 2.24) is 10.2 Å². The van der Waals surface area contributed by atoms with Gasteiger partial charge in [-0.2, -0.15) is 0 Å². The van der Waals surface area contributed by atoms with Crippen LogP contribution in [0.1, 0.15) is 67.2 Å². The minimum Gasteiger partial charge on any atom is -0.456 e. The molecule has 2 aromatic carbocycles. The van der Waals surface area contributed by atoms with E-state index >= 15 is 0 Å². The van der Waals surface area contributed by atoms with Gasteiger partial charge in [-0.3, -0.25) is 14.4 Å². The van der Waals surface area contributed by atoms with Gasteiger partial charge in [-0.25, -0.2) is 9.18 Å². The second-order valence-corrected chi connectivity index (χ2v) is 12.4. The first-order chi connectivity index (χ1) is 18.3. The first-order valence-corrected chi connectivity index (χ1v) is 14.3. The number of ether oxygens (including phenoxy) is 1. The van der Waals surface area contributed by atoms with Crippen LogP contribution in [0.2, 0.25) is 0 Å². The fourth-order valence-corrected chi connectivity index (χ4v) is 5.49. The van der Waals surface area contributed by atoms with E-state index in [0.717, 1.165) is 18.9 Å². The zero-order valence-electron chi connectivity index (χ0n) is 21.9. The second-order valence-electron chi connectivity index (χ2n) is 10.7. The van der Waals surface area contributed by atoms with E-state index in [0.29, 0.717) is 41.7 Å². The lowest BCUT2D eigenvalue weighted by Crippen LogP contribution is -2.54. The minimum atomic E-state index is -0.773. The van der Waals surface area contributed by atoms with Crippen LogP contribution in [0.5, 0.6) is 0 Å². The third kappa shape index (κ3) is 6.87. The molecular formula is C28H30Br2FN3O5. The molecule has 208 valence electrons. The number of amides is 3. The maximum Gasteiger partial charge on any atom is 0.338 e. The second kappa shape index (κ2) is 11.8. The van der Waals surface area contributed by atoms with Gasteiger partial charge in [-0.05, 0) is 98.8 Å². The number of halogens is 3. The molecule has 2 saturated heterocycles. The molecule has 0 saturated carbocycles. The standard InChI is InChI=1S/C28H30Br2FN3O5/c1-28(2,3)39-27(38)17-12-18(29)15-19(13-17)33-11-9-22(26(33)37)32-24(35)23-6-4-5-10-34(23)25(36)16-7-8-20(30)21(31)14-16/h7-8,12-15,22-23H,4-6,9-11H2,1-3H3,(H,32,35). The molecule has 8 nitrogen and oxygen atoms in total. The van der Waals surface area contributed by atoms with Crippen molar-refractivity contribution in [3.8, 4) is 0 Å². The van der Waals surface area contributed by atoms with Crippen LogP contribution in [-0.4, -0.2) is 59.4 Å². The molecule has 2 unspecified atom stereocenters. The molecule has 2 heterocycles. The molecule has 4 rings (SSSR count).